The van der Waals surface area contributed by atoms with Crippen LogP contribution in [0.4, 0.5) is 4.39 Å². The summed E-state index contributed by atoms with van der Waals surface area (Å²) in [6, 6.07) is 2.29. The molecule has 1 heterocycles. The van der Waals surface area contributed by atoms with E-state index < -0.39 is 17.2 Å². The van der Waals surface area contributed by atoms with Crippen LogP contribution >= 0.6 is 0 Å². The van der Waals surface area contributed by atoms with Gasteiger partial charge in [0.25, 0.3) is 0 Å². The van der Waals surface area contributed by atoms with E-state index >= 15 is 0 Å². The highest BCUT2D eigenvalue weighted by Crippen LogP contribution is 2.13. The number of benzene rings is 1. The number of halogens is 1. The maximum absolute atomic E-state index is 12.9. The van der Waals surface area contributed by atoms with Crippen LogP contribution in [0.25, 0.3) is 10.9 Å². The maximum Gasteiger partial charge on any atom is 0.419 e. The average molecular weight is 195 g/mol. The average Bonchev–Trinajstić information content (AvgIpc) is 1.99. The summed E-state index contributed by atoms with van der Waals surface area (Å²) in [7, 11) is 0. The number of hydrogen-bond acceptors (Lipinski definition) is 3. The maximum atomic E-state index is 12.9. The Balaban J connectivity index is 3.10. The first kappa shape index (κ1) is 8.68. The van der Waals surface area contributed by atoms with Gasteiger partial charge >= 0.3 is 11.4 Å². The Bertz CT molecular complexity index is 611. The van der Waals surface area contributed by atoms with E-state index in [1.807, 2.05) is 0 Å². The van der Waals surface area contributed by atoms with Crippen molar-refractivity contribution in [2.24, 2.45) is 0 Å². The second-order valence-electron chi connectivity index (χ2n) is 2.95. The minimum absolute atomic E-state index is 0.156. The van der Waals surface area contributed by atoms with Crippen molar-refractivity contribution in [1.82, 2.24) is 4.98 Å². The van der Waals surface area contributed by atoms with Crippen LogP contribution < -0.4 is 11.4 Å². The Morgan fingerprint density at radius 1 is 1.36 bits per heavy atom. The second-order valence-corrected chi connectivity index (χ2v) is 2.95. The Hall–Kier alpha value is -1.91. The van der Waals surface area contributed by atoms with Gasteiger partial charge in [0.05, 0.1) is 10.9 Å². The van der Waals surface area contributed by atoms with Crippen LogP contribution in [0.3, 0.4) is 0 Å². The molecule has 0 aliphatic heterocycles. The molecule has 0 saturated heterocycles. The fourth-order valence-electron chi connectivity index (χ4n) is 1.38. The SMILES string of the molecule is Cc1cc(F)cc2[nH]c(=O)oc(=O)c12. The zero-order chi connectivity index (χ0) is 10.3. The lowest BCUT2D eigenvalue weighted by molar-refractivity contribution is 0.459. The van der Waals surface area contributed by atoms with Gasteiger partial charge in [0.15, 0.2) is 0 Å². The summed E-state index contributed by atoms with van der Waals surface area (Å²) in [5.74, 6) is -1.39. The van der Waals surface area contributed by atoms with Crippen LogP contribution in [0, 0.1) is 12.7 Å². The molecule has 72 valence electrons. The fraction of sp³-hybridized carbons (Fsp3) is 0.111. The summed E-state index contributed by atoms with van der Waals surface area (Å²) in [6.07, 6.45) is 0. The van der Waals surface area contributed by atoms with Gasteiger partial charge in [-0.15, -0.1) is 0 Å². The van der Waals surface area contributed by atoms with Crippen LogP contribution in [0.2, 0.25) is 0 Å². The Morgan fingerprint density at radius 2 is 2.07 bits per heavy atom. The molecule has 0 spiro atoms. The molecule has 1 N–H and O–H groups in total. The van der Waals surface area contributed by atoms with Gasteiger partial charge < -0.3 is 4.42 Å². The summed E-state index contributed by atoms with van der Waals surface area (Å²) in [4.78, 5) is 24.3. The van der Waals surface area contributed by atoms with E-state index in [0.717, 1.165) is 6.07 Å². The third-order valence-electron chi connectivity index (χ3n) is 1.93. The molecule has 0 atom stereocenters. The van der Waals surface area contributed by atoms with Crippen LogP contribution in [0.5, 0.6) is 0 Å². The number of H-pyrrole nitrogens is 1. The molecule has 0 amide bonds. The zero-order valence-electron chi connectivity index (χ0n) is 7.26. The molecule has 4 nitrogen and oxygen atoms in total. The first-order valence-corrected chi connectivity index (χ1v) is 3.91. The third-order valence-corrected chi connectivity index (χ3v) is 1.93. The van der Waals surface area contributed by atoms with E-state index in [0.29, 0.717) is 5.56 Å². The largest absolute Gasteiger partial charge is 0.419 e. The molecule has 0 unspecified atom stereocenters. The molecule has 0 radical (unpaired) electrons. The first-order chi connectivity index (χ1) is 6.58. The van der Waals surface area contributed by atoms with Gasteiger partial charge in [0.1, 0.15) is 5.82 Å². The minimum atomic E-state index is -0.882. The van der Waals surface area contributed by atoms with E-state index in [-0.39, 0.29) is 10.9 Å². The van der Waals surface area contributed by atoms with Gasteiger partial charge in [-0.25, -0.2) is 14.0 Å². The van der Waals surface area contributed by atoms with Crippen molar-refractivity contribution >= 4 is 10.9 Å². The standard InChI is InChI=1S/C9H6FNO3/c1-4-2-5(10)3-6-7(4)8(12)14-9(13)11-6/h2-3H,1H3,(H,11,13). The number of hydrogen-bond donors (Lipinski definition) is 1. The molecule has 14 heavy (non-hydrogen) atoms. The quantitative estimate of drug-likeness (QED) is 0.680. The van der Waals surface area contributed by atoms with Gasteiger partial charge in [-0.2, -0.15) is 0 Å². The Kier molecular flexibility index (Phi) is 1.73. The smallest absolute Gasteiger partial charge is 0.372 e. The summed E-state index contributed by atoms with van der Waals surface area (Å²) < 4.78 is 17.2. The highest BCUT2D eigenvalue weighted by molar-refractivity contribution is 5.80. The van der Waals surface area contributed by atoms with Crippen molar-refractivity contribution < 1.29 is 8.81 Å². The molecule has 1 aromatic carbocycles. The van der Waals surface area contributed by atoms with Gasteiger partial charge in [-0.1, -0.05) is 0 Å². The molecule has 0 bridgehead atoms. The number of fused-ring (bicyclic) bond motifs is 1. The van der Waals surface area contributed by atoms with Gasteiger partial charge in [0, 0.05) is 0 Å². The van der Waals surface area contributed by atoms with Gasteiger partial charge in [0.2, 0.25) is 0 Å². The number of aromatic nitrogens is 1. The fourth-order valence-corrected chi connectivity index (χ4v) is 1.38. The van der Waals surface area contributed by atoms with E-state index in [9.17, 15) is 14.0 Å². The molecule has 2 aromatic rings. The molecule has 0 aliphatic rings. The lowest BCUT2D eigenvalue weighted by atomic mass is 10.1. The van der Waals surface area contributed by atoms with Crippen LogP contribution in [-0.2, 0) is 0 Å². The summed E-state index contributed by atoms with van der Waals surface area (Å²) >= 11 is 0. The topological polar surface area (TPSA) is 63.1 Å². The number of aryl methyl sites for hydroxylation is 1. The molecular weight excluding hydrogens is 189 g/mol. The minimum Gasteiger partial charge on any atom is -0.372 e. The van der Waals surface area contributed by atoms with Crippen LogP contribution in [0.1, 0.15) is 5.56 Å². The van der Waals surface area contributed by atoms with Crippen molar-refractivity contribution in [1.29, 1.82) is 0 Å². The molecular formula is C9H6FNO3. The normalized spacial score (nSPS) is 10.7. The number of rotatable bonds is 0. The Labute approximate surface area is 77.0 Å². The summed E-state index contributed by atoms with van der Waals surface area (Å²) in [5, 5.41) is 0.200. The number of nitrogens with one attached hydrogen (secondary N) is 1. The lowest BCUT2D eigenvalue weighted by Crippen LogP contribution is -2.15. The molecule has 0 fully saturated rings. The highest BCUT2D eigenvalue weighted by Gasteiger charge is 2.07. The predicted octanol–water partition coefficient (Wildman–Crippen LogP) is 0.929. The van der Waals surface area contributed by atoms with E-state index in [1.165, 1.54) is 6.07 Å². The lowest BCUT2D eigenvalue weighted by Gasteiger charge is -1.98. The van der Waals surface area contributed by atoms with Crippen molar-refractivity contribution in [3.63, 3.8) is 0 Å². The molecule has 0 aliphatic carbocycles. The van der Waals surface area contributed by atoms with E-state index in [4.69, 9.17) is 0 Å². The van der Waals surface area contributed by atoms with Crippen molar-refractivity contribution in [3.05, 3.63) is 44.5 Å². The van der Waals surface area contributed by atoms with Crippen molar-refractivity contribution in [2.75, 3.05) is 0 Å². The van der Waals surface area contributed by atoms with Crippen LogP contribution in [-0.4, -0.2) is 4.98 Å². The number of aromatic amines is 1. The molecule has 2 rings (SSSR count). The van der Waals surface area contributed by atoms with E-state index in [1.54, 1.807) is 6.92 Å². The Morgan fingerprint density at radius 3 is 2.79 bits per heavy atom. The summed E-state index contributed by atoms with van der Waals surface area (Å²) in [6.45, 7) is 1.57. The van der Waals surface area contributed by atoms with E-state index in [2.05, 4.69) is 9.40 Å². The van der Waals surface area contributed by atoms with Gasteiger partial charge in [-0.3, -0.25) is 4.98 Å². The van der Waals surface area contributed by atoms with Gasteiger partial charge in [-0.05, 0) is 24.6 Å². The third kappa shape index (κ3) is 1.22. The zero-order valence-corrected chi connectivity index (χ0v) is 7.26. The predicted molar refractivity (Wildman–Crippen MR) is 47.8 cm³/mol. The monoisotopic (exact) mass is 195 g/mol. The summed E-state index contributed by atoms with van der Waals surface area (Å²) in [5.41, 5.74) is -0.157. The highest BCUT2D eigenvalue weighted by atomic mass is 19.1. The first-order valence-electron chi connectivity index (χ1n) is 3.91. The van der Waals surface area contributed by atoms with Crippen molar-refractivity contribution in [3.8, 4) is 0 Å². The second kappa shape index (κ2) is 2.80. The molecule has 5 heteroatoms. The molecule has 0 saturated carbocycles. The van der Waals surface area contributed by atoms with Crippen molar-refractivity contribution in [2.45, 2.75) is 6.92 Å². The molecule has 1 aromatic heterocycles. The van der Waals surface area contributed by atoms with Crippen LogP contribution in [0.15, 0.2) is 26.1 Å².